The van der Waals surface area contributed by atoms with Gasteiger partial charge >= 0.3 is 0 Å². The number of aliphatic hydroxyl groups is 6. The van der Waals surface area contributed by atoms with Crippen molar-refractivity contribution in [2.75, 3.05) is 20.2 Å². The second-order valence-electron chi connectivity index (χ2n) is 9.30. The van der Waals surface area contributed by atoms with Crippen LogP contribution >= 0.6 is 0 Å². The van der Waals surface area contributed by atoms with Crippen LogP contribution in [-0.4, -0.2) is 136 Å². The van der Waals surface area contributed by atoms with E-state index in [4.69, 9.17) is 36.1 Å². The van der Waals surface area contributed by atoms with Gasteiger partial charge in [0.25, 0.3) is 0 Å². The molecule has 0 spiro atoms. The molecule has 3 fully saturated rings. The lowest BCUT2D eigenvalue weighted by Crippen LogP contribution is -2.69. The molecule has 0 unspecified atom stereocenters. The Balaban J connectivity index is 1.71. The SMILES string of the molecule is CN[C@H]1[C@H](O)[C@H](O[C@H]2[C@H](O)[C@@H](O[C@@H]3O[C@@H](CN)[C@H](O)[C@@H](O)[C@@H]3O)[C@H](N)C[C@H]2N)OC[C@@]1(C)O. The third-order valence-electron chi connectivity index (χ3n) is 6.69. The van der Waals surface area contributed by atoms with E-state index in [9.17, 15) is 30.6 Å². The molecule has 3 rings (SSSR count). The molecule has 14 heteroatoms. The van der Waals surface area contributed by atoms with Gasteiger partial charge in [0.15, 0.2) is 12.6 Å². The molecule has 1 aliphatic carbocycles. The van der Waals surface area contributed by atoms with Gasteiger partial charge in [-0.2, -0.15) is 0 Å². The van der Waals surface area contributed by atoms with Crippen molar-refractivity contribution in [2.45, 2.75) is 98.5 Å². The van der Waals surface area contributed by atoms with Gasteiger partial charge in [-0.1, -0.05) is 0 Å². The number of nitrogens with two attached hydrogens (primary N) is 3. The lowest BCUT2D eigenvalue weighted by molar-refractivity contribution is -0.329. The minimum Gasteiger partial charge on any atom is -0.388 e. The largest absolute Gasteiger partial charge is 0.388 e. The molecule has 0 bridgehead atoms. The summed E-state index contributed by atoms with van der Waals surface area (Å²) in [4.78, 5) is 0. The third kappa shape index (κ3) is 5.34. The minimum atomic E-state index is -1.63. The van der Waals surface area contributed by atoms with E-state index < -0.39 is 85.1 Å². The summed E-state index contributed by atoms with van der Waals surface area (Å²) < 4.78 is 22.5. The number of ether oxygens (including phenoxy) is 4. The van der Waals surface area contributed by atoms with Crippen molar-refractivity contribution < 1.29 is 49.6 Å². The fraction of sp³-hybridized carbons (Fsp3) is 1.00. The van der Waals surface area contributed by atoms with Crippen LogP contribution < -0.4 is 22.5 Å². The fourth-order valence-electron chi connectivity index (χ4n) is 4.74. The van der Waals surface area contributed by atoms with Crippen molar-refractivity contribution in [1.82, 2.24) is 5.32 Å². The summed E-state index contributed by atoms with van der Waals surface area (Å²) in [6, 6.07) is -2.30. The standard InChI is InChI=1S/C19H38N4O10/c1-19(29)5-30-17(13(28)16(19)23-2)32-14-6(21)3-7(22)15(12(14)27)33-18-11(26)10(25)9(24)8(4-20)31-18/h6-18,23-29H,3-5,20-22H2,1-2H3/t6-,7-,8+,9+,10-,11+,12+,13+,14-,15+,16+,17+,18+,19-/m1/s1. The van der Waals surface area contributed by atoms with Gasteiger partial charge < -0.3 is 72.1 Å². The van der Waals surface area contributed by atoms with Gasteiger partial charge in [0.05, 0.1) is 12.6 Å². The first-order valence-corrected chi connectivity index (χ1v) is 11.0. The highest BCUT2D eigenvalue weighted by molar-refractivity contribution is 5.02. The molecule has 2 saturated heterocycles. The number of hydrogen-bond donors (Lipinski definition) is 10. The van der Waals surface area contributed by atoms with E-state index in [1.54, 1.807) is 7.05 Å². The molecule has 3 aliphatic rings. The maximum absolute atomic E-state index is 11.0. The molecule has 0 radical (unpaired) electrons. The fourth-order valence-corrected chi connectivity index (χ4v) is 4.74. The van der Waals surface area contributed by atoms with E-state index in [2.05, 4.69) is 5.32 Å². The predicted molar refractivity (Wildman–Crippen MR) is 111 cm³/mol. The van der Waals surface area contributed by atoms with E-state index in [1.165, 1.54) is 6.92 Å². The van der Waals surface area contributed by atoms with Gasteiger partial charge in [-0.05, 0) is 20.4 Å². The Hall–Kier alpha value is -0.560. The molecule has 194 valence electrons. The monoisotopic (exact) mass is 482 g/mol. The molecular weight excluding hydrogens is 444 g/mol. The van der Waals surface area contributed by atoms with Gasteiger partial charge in [0, 0.05) is 18.6 Å². The predicted octanol–water partition coefficient (Wildman–Crippen LogP) is -6.00. The molecule has 0 aromatic rings. The first kappa shape index (κ1) is 27.0. The molecule has 33 heavy (non-hydrogen) atoms. The normalized spacial score (nSPS) is 53.7. The van der Waals surface area contributed by atoms with Crippen LogP contribution in [0.1, 0.15) is 13.3 Å². The van der Waals surface area contributed by atoms with Crippen LogP contribution in [0.2, 0.25) is 0 Å². The second kappa shape index (κ2) is 10.6. The zero-order valence-electron chi connectivity index (χ0n) is 18.7. The van der Waals surface area contributed by atoms with Crippen molar-refractivity contribution in [1.29, 1.82) is 0 Å². The Morgan fingerprint density at radius 1 is 0.909 bits per heavy atom. The van der Waals surface area contributed by atoms with Gasteiger partial charge in [-0.3, -0.25) is 0 Å². The lowest BCUT2D eigenvalue weighted by Gasteiger charge is -2.48. The molecule has 0 amide bonds. The average Bonchev–Trinajstić information content (AvgIpc) is 2.75. The third-order valence-corrected chi connectivity index (χ3v) is 6.69. The van der Waals surface area contributed by atoms with Crippen molar-refractivity contribution in [3.63, 3.8) is 0 Å². The highest BCUT2D eigenvalue weighted by Crippen LogP contribution is 2.31. The smallest absolute Gasteiger partial charge is 0.187 e. The Morgan fingerprint density at radius 2 is 1.48 bits per heavy atom. The summed E-state index contributed by atoms with van der Waals surface area (Å²) >= 11 is 0. The Labute approximate surface area is 191 Å². The Bertz CT molecular complexity index is 646. The van der Waals surface area contributed by atoms with Crippen LogP contribution in [0.3, 0.4) is 0 Å². The van der Waals surface area contributed by atoms with Gasteiger partial charge in [-0.15, -0.1) is 0 Å². The van der Waals surface area contributed by atoms with Crippen LogP contribution in [0.4, 0.5) is 0 Å². The first-order valence-electron chi connectivity index (χ1n) is 11.0. The van der Waals surface area contributed by atoms with E-state index >= 15 is 0 Å². The quantitative estimate of drug-likeness (QED) is 0.169. The number of aliphatic hydroxyl groups excluding tert-OH is 5. The van der Waals surface area contributed by atoms with Gasteiger partial charge in [0.2, 0.25) is 0 Å². The highest BCUT2D eigenvalue weighted by atomic mass is 16.7. The summed E-state index contributed by atoms with van der Waals surface area (Å²) in [5, 5.41) is 65.2. The molecule has 2 aliphatic heterocycles. The van der Waals surface area contributed by atoms with Gasteiger partial charge in [0.1, 0.15) is 54.4 Å². The summed E-state index contributed by atoms with van der Waals surface area (Å²) in [5.41, 5.74) is 16.5. The van der Waals surface area contributed by atoms with E-state index in [1.807, 2.05) is 0 Å². The van der Waals surface area contributed by atoms with Crippen LogP contribution in [0.5, 0.6) is 0 Å². The van der Waals surface area contributed by atoms with Crippen LogP contribution in [0.15, 0.2) is 0 Å². The summed E-state index contributed by atoms with van der Waals surface area (Å²) in [6.07, 6.45) is -13.0. The molecule has 0 aromatic carbocycles. The summed E-state index contributed by atoms with van der Waals surface area (Å²) in [5.74, 6) is 0. The van der Waals surface area contributed by atoms with Crippen molar-refractivity contribution in [2.24, 2.45) is 17.2 Å². The minimum absolute atomic E-state index is 0.138. The Kier molecular flexibility index (Phi) is 8.68. The molecule has 1 saturated carbocycles. The van der Waals surface area contributed by atoms with E-state index in [0.29, 0.717) is 0 Å². The van der Waals surface area contributed by atoms with E-state index in [0.717, 1.165) is 0 Å². The highest BCUT2D eigenvalue weighted by Gasteiger charge is 2.52. The summed E-state index contributed by atoms with van der Waals surface area (Å²) in [7, 11) is 1.57. The number of nitrogens with one attached hydrogen (secondary N) is 1. The van der Waals surface area contributed by atoms with Crippen LogP contribution in [-0.2, 0) is 18.9 Å². The zero-order valence-corrected chi connectivity index (χ0v) is 18.7. The number of hydrogen-bond acceptors (Lipinski definition) is 14. The topological polar surface area (TPSA) is 248 Å². The second-order valence-corrected chi connectivity index (χ2v) is 9.30. The maximum Gasteiger partial charge on any atom is 0.187 e. The first-order chi connectivity index (χ1) is 15.4. The molecule has 0 aromatic heterocycles. The lowest BCUT2D eigenvalue weighted by atomic mass is 9.84. The molecule has 14 atom stereocenters. The van der Waals surface area contributed by atoms with Crippen molar-refractivity contribution in [3.8, 4) is 0 Å². The average molecular weight is 483 g/mol. The summed E-state index contributed by atoms with van der Waals surface area (Å²) in [6.45, 7) is 1.22. The number of likely N-dealkylation sites (N-methyl/N-ethyl adjacent to an activating group) is 1. The van der Waals surface area contributed by atoms with Crippen LogP contribution in [0, 0.1) is 0 Å². The maximum atomic E-state index is 11.0. The van der Waals surface area contributed by atoms with Crippen molar-refractivity contribution in [3.05, 3.63) is 0 Å². The van der Waals surface area contributed by atoms with Gasteiger partial charge in [-0.25, -0.2) is 0 Å². The van der Waals surface area contributed by atoms with E-state index in [-0.39, 0.29) is 19.6 Å². The van der Waals surface area contributed by atoms with Crippen molar-refractivity contribution >= 4 is 0 Å². The molecule has 14 nitrogen and oxygen atoms in total. The molecular formula is C19H38N4O10. The Morgan fingerprint density at radius 3 is 2.03 bits per heavy atom. The number of rotatable bonds is 6. The zero-order chi connectivity index (χ0) is 24.7. The van der Waals surface area contributed by atoms with Crippen LogP contribution in [0.25, 0.3) is 0 Å². The molecule has 13 N–H and O–H groups in total. The molecule has 2 heterocycles.